The summed E-state index contributed by atoms with van der Waals surface area (Å²) in [6.45, 7) is 0.702. The zero-order chi connectivity index (χ0) is 16.4. The number of hydrogen-bond donors (Lipinski definition) is 0. The first-order valence-corrected chi connectivity index (χ1v) is 8.86. The van der Waals surface area contributed by atoms with E-state index in [1.807, 2.05) is 18.2 Å². The van der Waals surface area contributed by atoms with E-state index in [1.54, 1.807) is 6.20 Å². The van der Waals surface area contributed by atoms with Gasteiger partial charge in [0.1, 0.15) is 5.69 Å². The SMILES string of the molecule is O=C1C[C@H](c2nc(-c3ccccn3)no2)CN1C1CCCCCC1. The Morgan fingerprint density at radius 2 is 1.96 bits per heavy atom. The van der Waals surface area contributed by atoms with Gasteiger partial charge in [0.15, 0.2) is 0 Å². The maximum absolute atomic E-state index is 12.5. The normalized spacial score (nSPS) is 22.8. The molecule has 2 aromatic heterocycles. The summed E-state index contributed by atoms with van der Waals surface area (Å²) in [6, 6.07) is 5.99. The van der Waals surface area contributed by atoms with Crippen molar-refractivity contribution in [2.75, 3.05) is 6.54 Å². The summed E-state index contributed by atoms with van der Waals surface area (Å²) >= 11 is 0. The van der Waals surface area contributed by atoms with Crippen molar-refractivity contribution >= 4 is 5.91 Å². The van der Waals surface area contributed by atoms with E-state index in [0.717, 1.165) is 12.8 Å². The Kier molecular flexibility index (Phi) is 4.28. The Bertz CT molecular complexity index is 692. The Hall–Kier alpha value is -2.24. The van der Waals surface area contributed by atoms with Crippen LogP contribution in [0.4, 0.5) is 0 Å². The predicted octanol–water partition coefficient (Wildman–Crippen LogP) is 3.17. The van der Waals surface area contributed by atoms with Crippen molar-refractivity contribution in [3.8, 4) is 11.5 Å². The number of amides is 1. The quantitative estimate of drug-likeness (QED) is 0.810. The maximum Gasteiger partial charge on any atom is 0.232 e. The molecule has 1 aliphatic carbocycles. The van der Waals surface area contributed by atoms with Crippen LogP contribution in [0.25, 0.3) is 11.5 Å². The van der Waals surface area contributed by atoms with E-state index in [0.29, 0.717) is 36.4 Å². The molecule has 2 aromatic rings. The fourth-order valence-electron chi connectivity index (χ4n) is 3.82. The van der Waals surface area contributed by atoms with Crippen LogP contribution in [0.15, 0.2) is 28.9 Å². The van der Waals surface area contributed by atoms with E-state index < -0.39 is 0 Å². The van der Waals surface area contributed by atoms with Gasteiger partial charge in [0.2, 0.25) is 17.6 Å². The largest absolute Gasteiger partial charge is 0.339 e. The molecule has 0 N–H and O–H groups in total. The Morgan fingerprint density at radius 1 is 1.12 bits per heavy atom. The molecule has 0 aromatic carbocycles. The molecule has 0 bridgehead atoms. The second-order valence-corrected chi connectivity index (χ2v) is 6.76. The summed E-state index contributed by atoms with van der Waals surface area (Å²) in [5.74, 6) is 1.28. The molecule has 24 heavy (non-hydrogen) atoms. The van der Waals surface area contributed by atoms with E-state index in [4.69, 9.17) is 4.52 Å². The maximum atomic E-state index is 12.5. The molecule has 6 heteroatoms. The van der Waals surface area contributed by atoms with Gasteiger partial charge in [-0.2, -0.15) is 4.98 Å². The number of carbonyl (C=O) groups is 1. The molecule has 1 amide bonds. The smallest absolute Gasteiger partial charge is 0.232 e. The second kappa shape index (κ2) is 6.71. The zero-order valence-corrected chi connectivity index (χ0v) is 13.7. The van der Waals surface area contributed by atoms with Crippen molar-refractivity contribution in [1.29, 1.82) is 0 Å². The van der Waals surface area contributed by atoms with Gasteiger partial charge in [-0.1, -0.05) is 36.9 Å². The number of nitrogens with zero attached hydrogens (tertiary/aromatic N) is 4. The first kappa shape index (κ1) is 15.3. The van der Waals surface area contributed by atoms with Crippen molar-refractivity contribution in [3.05, 3.63) is 30.3 Å². The number of likely N-dealkylation sites (tertiary alicyclic amines) is 1. The van der Waals surface area contributed by atoms with Crippen LogP contribution >= 0.6 is 0 Å². The van der Waals surface area contributed by atoms with E-state index in [-0.39, 0.29) is 11.8 Å². The van der Waals surface area contributed by atoms with E-state index in [9.17, 15) is 4.79 Å². The number of aromatic nitrogens is 3. The van der Waals surface area contributed by atoms with E-state index in [2.05, 4.69) is 20.0 Å². The average molecular weight is 326 g/mol. The Labute approximate surface area is 141 Å². The highest BCUT2D eigenvalue weighted by Crippen LogP contribution is 2.33. The first-order valence-electron chi connectivity index (χ1n) is 8.86. The van der Waals surface area contributed by atoms with Gasteiger partial charge in [0, 0.05) is 25.2 Å². The van der Waals surface area contributed by atoms with Gasteiger partial charge in [-0.15, -0.1) is 0 Å². The van der Waals surface area contributed by atoms with Gasteiger partial charge in [-0.3, -0.25) is 9.78 Å². The molecule has 6 nitrogen and oxygen atoms in total. The van der Waals surface area contributed by atoms with Crippen molar-refractivity contribution in [2.45, 2.75) is 56.9 Å². The second-order valence-electron chi connectivity index (χ2n) is 6.76. The number of carbonyl (C=O) groups excluding carboxylic acids is 1. The first-order chi connectivity index (χ1) is 11.8. The summed E-state index contributed by atoms with van der Waals surface area (Å²) in [4.78, 5) is 23.2. The van der Waals surface area contributed by atoms with Crippen LogP contribution in [-0.4, -0.2) is 38.5 Å². The molecule has 2 fully saturated rings. The van der Waals surface area contributed by atoms with Crippen molar-refractivity contribution in [2.24, 2.45) is 0 Å². The molecule has 0 unspecified atom stereocenters. The average Bonchev–Trinajstić information content (AvgIpc) is 3.15. The fraction of sp³-hybridized carbons (Fsp3) is 0.556. The molecule has 3 heterocycles. The lowest BCUT2D eigenvalue weighted by Crippen LogP contribution is -2.36. The molecule has 1 saturated heterocycles. The van der Waals surface area contributed by atoms with Gasteiger partial charge >= 0.3 is 0 Å². The van der Waals surface area contributed by atoms with Crippen LogP contribution in [0.1, 0.15) is 56.8 Å². The third-order valence-corrected chi connectivity index (χ3v) is 5.11. The van der Waals surface area contributed by atoms with Gasteiger partial charge < -0.3 is 9.42 Å². The van der Waals surface area contributed by atoms with Gasteiger partial charge in [-0.05, 0) is 25.0 Å². The van der Waals surface area contributed by atoms with Gasteiger partial charge in [0.05, 0.1) is 5.92 Å². The molecule has 2 aliphatic rings. The summed E-state index contributed by atoms with van der Waals surface area (Å²) < 4.78 is 5.43. The Balaban J connectivity index is 1.48. The highest BCUT2D eigenvalue weighted by Gasteiger charge is 2.37. The van der Waals surface area contributed by atoms with E-state index >= 15 is 0 Å². The zero-order valence-electron chi connectivity index (χ0n) is 13.7. The highest BCUT2D eigenvalue weighted by molar-refractivity contribution is 5.79. The van der Waals surface area contributed by atoms with Gasteiger partial charge in [-0.25, -0.2) is 0 Å². The third kappa shape index (κ3) is 3.05. The third-order valence-electron chi connectivity index (χ3n) is 5.11. The van der Waals surface area contributed by atoms with Crippen molar-refractivity contribution in [1.82, 2.24) is 20.0 Å². The van der Waals surface area contributed by atoms with Gasteiger partial charge in [0.25, 0.3) is 0 Å². The van der Waals surface area contributed by atoms with Crippen molar-refractivity contribution < 1.29 is 9.32 Å². The summed E-state index contributed by atoms with van der Waals surface area (Å²) in [5.41, 5.74) is 0.692. The minimum Gasteiger partial charge on any atom is -0.339 e. The topological polar surface area (TPSA) is 72.1 Å². The number of rotatable bonds is 3. The van der Waals surface area contributed by atoms with Crippen molar-refractivity contribution in [3.63, 3.8) is 0 Å². The van der Waals surface area contributed by atoms with Crippen LogP contribution in [0, 0.1) is 0 Å². The fourth-order valence-corrected chi connectivity index (χ4v) is 3.82. The standard InChI is InChI=1S/C18H22N4O2/c23-16-11-13(12-22(16)14-7-3-1-2-4-8-14)18-20-17(21-24-18)15-9-5-6-10-19-15/h5-6,9-10,13-14H,1-4,7-8,11-12H2/t13-/m0/s1. The number of hydrogen-bond acceptors (Lipinski definition) is 5. The van der Waals surface area contributed by atoms with Crippen LogP contribution in [0.2, 0.25) is 0 Å². The number of pyridine rings is 1. The van der Waals surface area contributed by atoms with Crippen LogP contribution in [0.5, 0.6) is 0 Å². The summed E-state index contributed by atoms with van der Waals surface area (Å²) in [5, 5.41) is 4.03. The lowest BCUT2D eigenvalue weighted by molar-refractivity contribution is -0.129. The lowest BCUT2D eigenvalue weighted by Gasteiger charge is -2.26. The Morgan fingerprint density at radius 3 is 2.71 bits per heavy atom. The molecule has 0 spiro atoms. The monoisotopic (exact) mass is 326 g/mol. The molecular weight excluding hydrogens is 304 g/mol. The lowest BCUT2D eigenvalue weighted by atomic mass is 10.1. The highest BCUT2D eigenvalue weighted by atomic mass is 16.5. The molecule has 4 rings (SSSR count). The molecule has 126 valence electrons. The minimum atomic E-state index is 0.00529. The summed E-state index contributed by atoms with van der Waals surface area (Å²) in [7, 11) is 0. The minimum absolute atomic E-state index is 0.00529. The molecular formula is C18H22N4O2. The molecule has 1 atom stereocenters. The van der Waals surface area contributed by atoms with Crippen LogP contribution in [0.3, 0.4) is 0 Å². The van der Waals surface area contributed by atoms with E-state index in [1.165, 1.54) is 25.7 Å². The molecule has 1 aliphatic heterocycles. The predicted molar refractivity (Wildman–Crippen MR) is 88.1 cm³/mol. The van der Waals surface area contributed by atoms with Crippen LogP contribution in [-0.2, 0) is 4.79 Å². The van der Waals surface area contributed by atoms with Crippen LogP contribution < -0.4 is 0 Å². The molecule has 1 saturated carbocycles. The molecule has 0 radical (unpaired) electrons. The summed E-state index contributed by atoms with van der Waals surface area (Å²) in [6.07, 6.45) is 9.46.